The highest BCUT2D eigenvalue weighted by Crippen LogP contribution is 2.28. The molecule has 0 aliphatic heterocycles. The maximum absolute atomic E-state index is 11.8. The molecule has 2 N–H and O–H groups in total. The largest absolute Gasteiger partial charge is 0.496 e. The van der Waals surface area contributed by atoms with Crippen molar-refractivity contribution in [2.45, 2.75) is 6.54 Å². The summed E-state index contributed by atoms with van der Waals surface area (Å²) in [4.78, 5) is 11.8. The number of anilines is 1. The molecule has 2 rings (SSSR count). The average molecular weight is 335 g/mol. The second kappa shape index (κ2) is 7.74. The van der Waals surface area contributed by atoms with Crippen LogP contribution in [-0.2, 0) is 6.54 Å². The van der Waals surface area contributed by atoms with Gasteiger partial charge in [0.25, 0.3) is 5.91 Å². The fourth-order valence-electron chi connectivity index (χ4n) is 2.21. The van der Waals surface area contributed by atoms with Crippen molar-refractivity contribution in [1.82, 2.24) is 5.32 Å². The highest BCUT2D eigenvalue weighted by molar-refractivity contribution is 6.30. The Morgan fingerprint density at radius 1 is 1.09 bits per heavy atom. The van der Waals surface area contributed by atoms with Crippen LogP contribution >= 0.6 is 11.6 Å². The van der Waals surface area contributed by atoms with Crippen LogP contribution in [0.4, 0.5) is 5.69 Å². The molecule has 0 aliphatic carbocycles. The Labute approximate surface area is 140 Å². The molecular weight excluding hydrogens is 316 g/mol. The predicted molar refractivity (Wildman–Crippen MR) is 91.7 cm³/mol. The summed E-state index contributed by atoms with van der Waals surface area (Å²) < 4.78 is 10.7. The second-order valence-electron chi connectivity index (χ2n) is 4.80. The molecule has 6 heteroatoms. The van der Waals surface area contributed by atoms with Crippen LogP contribution in [0.3, 0.4) is 0 Å². The number of hydrogen-bond donors (Lipinski definition) is 2. The lowest BCUT2D eigenvalue weighted by Gasteiger charge is -2.14. The van der Waals surface area contributed by atoms with Gasteiger partial charge < -0.3 is 20.1 Å². The molecule has 0 spiro atoms. The molecule has 0 unspecified atom stereocenters. The van der Waals surface area contributed by atoms with Gasteiger partial charge in [0.1, 0.15) is 11.5 Å². The zero-order valence-electron chi connectivity index (χ0n) is 13.3. The van der Waals surface area contributed by atoms with Gasteiger partial charge in [-0.3, -0.25) is 4.79 Å². The zero-order valence-corrected chi connectivity index (χ0v) is 14.0. The Morgan fingerprint density at radius 2 is 1.78 bits per heavy atom. The monoisotopic (exact) mass is 334 g/mol. The molecule has 0 aliphatic rings. The molecule has 23 heavy (non-hydrogen) atoms. The van der Waals surface area contributed by atoms with E-state index in [1.807, 2.05) is 12.1 Å². The van der Waals surface area contributed by atoms with Crippen molar-refractivity contribution >= 4 is 23.2 Å². The number of carbonyl (C=O) groups is 1. The number of benzene rings is 2. The van der Waals surface area contributed by atoms with Crippen molar-refractivity contribution in [2.75, 3.05) is 26.6 Å². The molecule has 0 saturated carbocycles. The molecular formula is C17H19ClN2O3. The minimum absolute atomic E-state index is 0.156. The third-order valence-corrected chi connectivity index (χ3v) is 3.64. The molecule has 122 valence electrons. The van der Waals surface area contributed by atoms with Gasteiger partial charge in [0.15, 0.2) is 0 Å². The Balaban J connectivity index is 2.25. The lowest BCUT2D eigenvalue weighted by atomic mass is 10.1. The predicted octanol–water partition coefficient (Wildman–Crippen LogP) is 3.33. The number of rotatable bonds is 6. The summed E-state index contributed by atoms with van der Waals surface area (Å²) in [6.07, 6.45) is 0. The van der Waals surface area contributed by atoms with E-state index in [2.05, 4.69) is 10.6 Å². The van der Waals surface area contributed by atoms with Crippen molar-refractivity contribution < 1.29 is 14.3 Å². The van der Waals surface area contributed by atoms with Gasteiger partial charge in [-0.1, -0.05) is 11.6 Å². The summed E-state index contributed by atoms with van der Waals surface area (Å²) in [7, 11) is 4.79. The van der Waals surface area contributed by atoms with Crippen LogP contribution in [0.5, 0.6) is 11.5 Å². The van der Waals surface area contributed by atoms with Crippen LogP contribution < -0.4 is 20.1 Å². The first-order chi connectivity index (χ1) is 11.1. The first-order valence-electron chi connectivity index (χ1n) is 7.05. The van der Waals surface area contributed by atoms with Crippen LogP contribution in [0.15, 0.2) is 36.4 Å². The fourth-order valence-corrected chi connectivity index (χ4v) is 2.40. The van der Waals surface area contributed by atoms with E-state index in [9.17, 15) is 4.79 Å². The Morgan fingerprint density at radius 3 is 2.43 bits per heavy atom. The lowest BCUT2D eigenvalue weighted by Crippen LogP contribution is -2.18. The van der Waals surface area contributed by atoms with Crippen molar-refractivity contribution in [3.8, 4) is 11.5 Å². The van der Waals surface area contributed by atoms with E-state index < -0.39 is 0 Å². The minimum Gasteiger partial charge on any atom is -0.496 e. The highest BCUT2D eigenvalue weighted by Gasteiger charge is 2.10. The van der Waals surface area contributed by atoms with E-state index in [1.165, 1.54) is 0 Å². The van der Waals surface area contributed by atoms with Crippen LogP contribution in [0.2, 0.25) is 5.02 Å². The van der Waals surface area contributed by atoms with Crippen molar-refractivity contribution in [3.63, 3.8) is 0 Å². The Hall–Kier alpha value is -2.40. The first kappa shape index (κ1) is 17.0. The van der Waals surface area contributed by atoms with Crippen molar-refractivity contribution in [3.05, 3.63) is 52.5 Å². The number of ether oxygens (including phenoxy) is 2. The molecule has 0 bridgehead atoms. The standard InChI is InChI=1S/C17H19ClN2O3/c1-19-17(21)11-4-6-16(23-3)14(9-11)20-10-12-8-13(18)5-7-15(12)22-2/h4-9,20H,10H2,1-3H3,(H,19,21). The molecule has 0 aromatic heterocycles. The number of amides is 1. The third kappa shape index (κ3) is 4.07. The van der Waals surface area contributed by atoms with Gasteiger partial charge in [-0.2, -0.15) is 0 Å². The number of methoxy groups -OCH3 is 2. The molecule has 0 saturated heterocycles. The maximum Gasteiger partial charge on any atom is 0.251 e. The summed E-state index contributed by atoms with van der Waals surface area (Å²) in [5.74, 6) is 1.23. The zero-order chi connectivity index (χ0) is 16.8. The van der Waals surface area contributed by atoms with Crippen LogP contribution in [0, 0.1) is 0 Å². The van der Waals surface area contributed by atoms with Gasteiger partial charge in [0.05, 0.1) is 19.9 Å². The van der Waals surface area contributed by atoms with E-state index in [0.29, 0.717) is 22.9 Å². The summed E-state index contributed by atoms with van der Waals surface area (Å²) >= 11 is 6.04. The summed E-state index contributed by atoms with van der Waals surface area (Å²) in [6.45, 7) is 0.483. The smallest absolute Gasteiger partial charge is 0.251 e. The first-order valence-corrected chi connectivity index (χ1v) is 7.43. The number of nitrogens with one attached hydrogen (secondary N) is 2. The van der Waals surface area contributed by atoms with Gasteiger partial charge in [0, 0.05) is 29.7 Å². The second-order valence-corrected chi connectivity index (χ2v) is 5.24. The van der Waals surface area contributed by atoms with Crippen LogP contribution in [0.1, 0.15) is 15.9 Å². The normalized spacial score (nSPS) is 10.1. The number of hydrogen-bond acceptors (Lipinski definition) is 4. The van der Waals surface area contributed by atoms with Gasteiger partial charge in [-0.25, -0.2) is 0 Å². The molecule has 2 aromatic carbocycles. The molecule has 0 fully saturated rings. The van der Waals surface area contributed by atoms with E-state index in [1.54, 1.807) is 45.5 Å². The van der Waals surface area contributed by atoms with E-state index in [0.717, 1.165) is 17.0 Å². The Kier molecular flexibility index (Phi) is 5.71. The third-order valence-electron chi connectivity index (χ3n) is 3.40. The summed E-state index contributed by atoms with van der Waals surface area (Å²) in [5, 5.41) is 6.49. The lowest BCUT2D eigenvalue weighted by molar-refractivity contribution is 0.0963. The molecule has 2 aromatic rings. The topological polar surface area (TPSA) is 59.6 Å². The van der Waals surface area contributed by atoms with Crippen LogP contribution in [0.25, 0.3) is 0 Å². The van der Waals surface area contributed by atoms with Crippen LogP contribution in [-0.4, -0.2) is 27.2 Å². The molecule has 0 atom stereocenters. The van der Waals surface area contributed by atoms with Gasteiger partial charge in [-0.15, -0.1) is 0 Å². The molecule has 0 radical (unpaired) electrons. The van der Waals surface area contributed by atoms with Gasteiger partial charge in [-0.05, 0) is 36.4 Å². The molecule has 0 heterocycles. The number of carbonyl (C=O) groups excluding carboxylic acids is 1. The summed E-state index contributed by atoms with van der Waals surface area (Å²) in [6, 6.07) is 10.6. The van der Waals surface area contributed by atoms with E-state index in [-0.39, 0.29) is 5.91 Å². The average Bonchev–Trinajstić information content (AvgIpc) is 2.59. The van der Waals surface area contributed by atoms with E-state index >= 15 is 0 Å². The fraction of sp³-hybridized carbons (Fsp3) is 0.235. The maximum atomic E-state index is 11.8. The molecule has 1 amide bonds. The Bertz CT molecular complexity index is 704. The van der Waals surface area contributed by atoms with Gasteiger partial charge in [0.2, 0.25) is 0 Å². The minimum atomic E-state index is -0.156. The van der Waals surface area contributed by atoms with E-state index in [4.69, 9.17) is 21.1 Å². The van der Waals surface area contributed by atoms with Gasteiger partial charge >= 0.3 is 0 Å². The van der Waals surface area contributed by atoms with Crippen molar-refractivity contribution in [1.29, 1.82) is 0 Å². The summed E-state index contributed by atoms with van der Waals surface area (Å²) in [5.41, 5.74) is 2.18. The number of halogens is 1. The quantitative estimate of drug-likeness (QED) is 0.850. The molecule has 5 nitrogen and oxygen atoms in total. The highest BCUT2D eigenvalue weighted by atomic mass is 35.5. The SMILES string of the molecule is CNC(=O)c1ccc(OC)c(NCc2cc(Cl)ccc2OC)c1. The van der Waals surface area contributed by atoms with Crippen molar-refractivity contribution in [2.24, 2.45) is 0 Å².